The van der Waals surface area contributed by atoms with Crippen molar-refractivity contribution in [1.29, 1.82) is 0 Å². The number of amides is 2. The molecule has 1 saturated heterocycles. The molecule has 0 radical (unpaired) electrons. The van der Waals surface area contributed by atoms with Gasteiger partial charge < -0.3 is 20.5 Å². The van der Waals surface area contributed by atoms with Gasteiger partial charge in [0.1, 0.15) is 11.2 Å². The molecule has 2 aromatic rings. The van der Waals surface area contributed by atoms with E-state index in [1.165, 1.54) is 13.8 Å². The normalized spacial score (nSPS) is 26.4. The van der Waals surface area contributed by atoms with E-state index in [4.69, 9.17) is 27.9 Å². The summed E-state index contributed by atoms with van der Waals surface area (Å²) < 4.78 is 6.69. The van der Waals surface area contributed by atoms with Gasteiger partial charge in [-0.05, 0) is 74.1 Å². The number of benzene rings is 2. The van der Waals surface area contributed by atoms with Crippen LogP contribution >= 0.6 is 39.1 Å². The summed E-state index contributed by atoms with van der Waals surface area (Å²) in [6, 6.07) is 9.48. The van der Waals surface area contributed by atoms with Crippen LogP contribution in [0.15, 0.2) is 64.1 Å². The van der Waals surface area contributed by atoms with Crippen molar-refractivity contribution in [3.63, 3.8) is 0 Å². The molecule has 2 heterocycles. The Hall–Kier alpha value is -2.81. The number of hydrogen-bond donors (Lipinski definition) is 3. The van der Waals surface area contributed by atoms with Crippen LogP contribution in [0.4, 0.5) is 5.69 Å². The van der Waals surface area contributed by atoms with Crippen LogP contribution < -0.4 is 15.4 Å². The van der Waals surface area contributed by atoms with Crippen molar-refractivity contribution < 1.29 is 24.2 Å². The molecule has 10 heteroatoms. The van der Waals surface area contributed by atoms with Gasteiger partial charge in [-0.1, -0.05) is 57.4 Å². The maximum absolute atomic E-state index is 14.2. The summed E-state index contributed by atoms with van der Waals surface area (Å²) in [6.45, 7) is 2.89. The molecule has 2 aromatic carbocycles. The lowest BCUT2D eigenvalue weighted by Gasteiger charge is -2.49. The molecule has 3 aliphatic rings. The maximum Gasteiger partial charge on any atom is 0.347 e. The Morgan fingerprint density at radius 3 is 2.66 bits per heavy atom. The van der Waals surface area contributed by atoms with Gasteiger partial charge in [-0.15, -0.1) is 0 Å². The van der Waals surface area contributed by atoms with Crippen molar-refractivity contribution in [2.24, 2.45) is 11.8 Å². The van der Waals surface area contributed by atoms with E-state index in [9.17, 15) is 19.5 Å². The first kappa shape index (κ1) is 26.8. The van der Waals surface area contributed by atoms with Gasteiger partial charge in [0.2, 0.25) is 11.8 Å². The van der Waals surface area contributed by atoms with Crippen LogP contribution in [0.2, 0.25) is 5.02 Å². The zero-order chi connectivity index (χ0) is 27.4. The van der Waals surface area contributed by atoms with Crippen LogP contribution in [0, 0.1) is 11.8 Å². The molecule has 4 atom stereocenters. The van der Waals surface area contributed by atoms with Gasteiger partial charge in [-0.25, -0.2) is 4.79 Å². The number of ether oxygens (including phenoxy) is 1. The summed E-state index contributed by atoms with van der Waals surface area (Å²) in [5.41, 5.74) is -1.08. The van der Waals surface area contributed by atoms with Gasteiger partial charge in [0, 0.05) is 32.2 Å². The van der Waals surface area contributed by atoms with Gasteiger partial charge in [0.05, 0.1) is 6.04 Å². The number of carboxylic acids is 1. The standard InChI is InChI=1S/C28H25BrCl2N2O5/c1-27(2,26(36)37)38-22-9-6-15(29)11-18(22)24-28(19-8-7-17(31)12-21(19)32-25(28)35)20(13-23(34)33-24)14-4-3-5-16(30)10-14/h3,5-12,14,20,24H,4,13H2,1-2H3,(H,32,35)(H,33,34)(H,36,37)/t14?,20-,24+,28-/m0/s1. The topological polar surface area (TPSA) is 105 Å². The SMILES string of the molecule is CC(C)(Oc1ccc(Br)cc1[C@H]1NC(=O)C[C@@H](C2C=C(Cl)C=CC2)[C@]12C(=O)Nc1cc(Cl)ccc12)C(=O)O. The molecule has 2 amide bonds. The summed E-state index contributed by atoms with van der Waals surface area (Å²) in [5.74, 6) is -2.10. The molecule has 3 N–H and O–H groups in total. The molecule has 0 aromatic heterocycles. The number of rotatable bonds is 5. The van der Waals surface area contributed by atoms with Crippen molar-refractivity contribution in [2.75, 3.05) is 5.32 Å². The first-order chi connectivity index (χ1) is 17.9. The summed E-state index contributed by atoms with van der Waals surface area (Å²) in [4.78, 5) is 39.4. The van der Waals surface area contributed by atoms with Crippen molar-refractivity contribution in [3.8, 4) is 5.75 Å². The fourth-order valence-electron chi connectivity index (χ4n) is 5.81. The van der Waals surface area contributed by atoms with Gasteiger partial charge in [-0.2, -0.15) is 0 Å². The van der Waals surface area contributed by atoms with Crippen molar-refractivity contribution in [3.05, 3.63) is 80.3 Å². The molecule has 1 aliphatic carbocycles. The Morgan fingerprint density at radius 1 is 1.18 bits per heavy atom. The van der Waals surface area contributed by atoms with E-state index in [-0.39, 0.29) is 29.9 Å². The van der Waals surface area contributed by atoms with Gasteiger partial charge >= 0.3 is 5.97 Å². The number of carbonyl (C=O) groups excluding carboxylic acids is 2. The van der Waals surface area contributed by atoms with E-state index in [2.05, 4.69) is 26.6 Å². The van der Waals surface area contributed by atoms with Crippen LogP contribution in [0.25, 0.3) is 0 Å². The predicted molar refractivity (Wildman–Crippen MR) is 148 cm³/mol. The highest BCUT2D eigenvalue weighted by Crippen LogP contribution is 2.58. The Labute approximate surface area is 238 Å². The molecule has 5 rings (SSSR count). The van der Waals surface area contributed by atoms with Crippen LogP contribution in [-0.2, 0) is 19.8 Å². The van der Waals surface area contributed by atoms with Gasteiger partial charge in [0.15, 0.2) is 5.60 Å². The molecular weight excluding hydrogens is 595 g/mol. The first-order valence-corrected chi connectivity index (χ1v) is 13.6. The number of anilines is 1. The van der Waals surface area contributed by atoms with Gasteiger partial charge in [-0.3, -0.25) is 9.59 Å². The molecule has 7 nitrogen and oxygen atoms in total. The van der Waals surface area contributed by atoms with Crippen LogP contribution in [0.1, 0.15) is 43.9 Å². The highest BCUT2D eigenvalue weighted by molar-refractivity contribution is 9.10. The highest BCUT2D eigenvalue weighted by atomic mass is 79.9. The molecule has 1 fully saturated rings. The van der Waals surface area contributed by atoms with E-state index in [0.717, 1.165) is 0 Å². The molecular formula is C28H25BrCl2N2O5. The molecule has 1 unspecified atom stereocenters. The minimum absolute atomic E-state index is 0.0932. The number of piperidine rings is 1. The lowest BCUT2D eigenvalue weighted by atomic mass is 9.57. The first-order valence-electron chi connectivity index (χ1n) is 12.1. The quantitative estimate of drug-likeness (QED) is 0.375. The van der Waals surface area contributed by atoms with Crippen LogP contribution in [0.5, 0.6) is 5.75 Å². The number of carboxylic acid groups (broad SMARTS) is 1. The molecule has 198 valence electrons. The zero-order valence-corrected chi connectivity index (χ0v) is 23.7. The van der Waals surface area contributed by atoms with Crippen molar-refractivity contribution in [1.82, 2.24) is 5.32 Å². The third-order valence-electron chi connectivity index (χ3n) is 7.54. The molecule has 38 heavy (non-hydrogen) atoms. The van der Waals surface area contributed by atoms with Crippen molar-refractivity contribution >= 4 is 62.6 Å². The zero-order valence-electron chi connectivity index (χ0n) is 20.6. The lowest BCUT2D eigenvalue weighted by molar-refractivity contribution is -0.152. The Bertz CT molecular complexity index is 1420. The fraction of sp³-hybridized carbons (Fsp3) is 0.321. The average molecular weight is 620 g/mol. The smallest absolute Gasteiger partial charge is 0.347 e. The minimum Gasteiger partial charge on any atom is -0.478 e. The Balaban J connectivity index is 1.77. The third-order valence-corrected chi connectivity index (χ3v) is 8.52. The van der Waals surface area contributed by atoms with E-state index in [1.54, 1.807) is 30.3 Å². The number of fused-ring (bicyclic) bond motifs is 2. The van der Waals surface area contributed by atoms with Crippen LogP contribution in [-0.4, -0.2) is 28.5 Å². The molecule has 0 saturated carbocycles. The number of carbonyl (C=O) groups is 3. The minimum atomic E-state index is -1.57. The maximum atomic E-state index is 14.2. The molecule has 0 bridgehead atoms. The summed E-state index contributed by atoms with van der Waals surface area (Å²) in [5, 5.41) is 16.8. The Kier molecular flexibility index (Phi) is 6.86. The van der Waals surface area contributed by atoms with Crippen molar-refractivity contribution in [2.45, 2.75) is 43.7 Å². The summed E-state index contributed by atoms with van der Waals surface area (Å²) in [6.07, 6.45) is 6.35. The largest absolute Gasteiger partial charge is 0.478 e. The number of halogens is 3. The Morgan fingerprint density at radius 2 is 1.95 bits per heavy atom. The molecule has 2 aliphatic heterocycles. The monoisotopic (exact) mass is 618 g/mol. The lowest BCUT2D eigenvalue weighted by Crippen LogP contribution is -2.59. The third kappa shape index (κ3) is 4.42. The predicted octanol–water partition coefficient (Wildman–Crippen LogP) is 6.11. The van der Waals surface area contributed by atoms with E-state index < -0.39 is 28.9 Å². The fourth-order valence-corrected chi connectivity index (χ4v) is 6.61. The average Bonchev–Trinajstić information content (AvgIpc) is 3.12. The highest BCUT2D eigenvalue weighted by Gasteiger charge is 2.62. The summed E-state index contributed by atoms with van der Waals surface area (Å²) >= 11 is 16.2. The van der Waals surface area contributed by atoms with E-state index in [0.29, 0.717) is 37.8 Å². The number of nitrogens with one attached hydrogen (secondary N) is 2. The second-order valence-corrected chi connectivity index (χ2v) is 12.1. The summed E-state index contributed by atoms with van der Waals surface area (Å²) in [7, 11) is 0. The number of hydrogen-bond acceptors (Lipinski definition) is 4. The molecule has 1 spiro atoms. The van der Waals surface area contributed by atoms with Gasteiger partial charge in [0.25, 0.3) is 0 Å². The second-order valence-electron chi connectivity index (χ2n) is 10.3. The van der Waals surface area contributed by atoms with E-state index >= 15 is 0 Å². The van der Waals surface area contributed by atoms with E-state index in [1.807, 2.05) is 24.3 Å². The van der Waals surface area contributed by atoms with Crippen LogP contribution in [0.3, 0.4) is 0 Å². The second kappa shape index (κ2) is 9.74. The number of allylic oxidation sites excluding steroid dienone is 4. The number of aliphatic carboxylic acids is 1.